The molecule has 2 aromatic rings. The normalized spacial score (nSPS) is 16.4. The number of amides is 1. The molecular formula is C22H28FN5O4S. The van der Waals surface area contributed by atoms with Gasteiger partial charge in [-0.15, -0.1) is 0 Å². The van der Waals surface area contributed by atoms with Crippen LogP contribution in [0.3, 0.4) is 0 Å². The molecule has 9 nitrogen and oxygen atoms in total. The number of nitrogens with zero attached hydrogens (tertiary/aromatic N) is 3. The van der Waals surface area contributed by atoms with Crippen molar-refractivity contribution in [1.82, 2.24) is 14.9 Å². The second-order valence-electron chi connectivity index (χ2n) is 8.09. The summed E-state index contributed by atoms with van der Waals surface area (Å²) in [6.07, 6.45) is 3.22. The number of aromatic nitrogens is 2. The summed E-state index contributed by atoms with van der Waals surface area (Å²) in [6.45, 7) is 7.19. The van der Waals surface area contributed by atoms with Crippen molar-refractivity contribution in [2.75, 3.05) is 30.3 Å². The van der Waals surface area contributed by atoms with E-state index < -0.39 is 28.0 Å². The minimum Gasteiger partial charge on any atom is -0.387 e. The minimum absolute atomic E-state index is 0.00335. The first-order valence-electron chi connectivity index (χ1n) is 10.5. The van der Waals surface area contributed by atoms with Gasteiger partial charge in [0.05, 0.1) is 5.75 Å². The zero-order chi connectivity index (χ0) is 24.2. The number of piperidine rings is 1. The van der Waals surface area contributed by atoms with Crippen LogP contribution < -0.4 is 10.6 Å². The number of aliphatic hydroxyl groups is 1. The number of rotatable bonds is 8. The molecule has 0 saturated carbocycles. The van der Waals surface area contributed by atoms with E-state index in [1.807, 2.05) is 0 Å². The van der Waals surface area contributed by atoms with E-state index in [2.05, 4.69) is 27.2 Å². The van der Waals surface area contributed by atoms with Crippen LogP contribution in [0, 0.1) is 12.7 Å². The van der Waals surface area contributed by atoms with Crippen LogP contribution in [0.2, 0.25) is 0 Å². The van der Waals surface area contributed by atoms with E-state index in [0.717, 1.165) is 12.8 Å². The van der Waals surface area contributed by atoms with Crippen molar-refractivity contribution >= 4 is 33.2 Å². The Kier molecular flexibility index (Phi) is 7.65. The first kappa shape index (κ1) is 24.6. The van der Waals surface area contributed by atoms with Crippen LogP contribution >= 0.6 is 0 Å². The smallest absolute Gasteiger partial charge is 0.248 e. The predicted octanol–water partition coefficient (Wildman–Crippen LogP) is 2.51. The highest BCUT2D eigenvalue weighted by molar-refractivity contribution is 7.94. The molecule has 178 valence electrons. The molecule has 33 heavy (non-hydrogen) atoms. The molecule has 0 spiro atoms. The summed E-state index contributed by atoms with van der Waals surface area (Å²) in [5, 5.41) is 15.4. The SMILES string of the molecule is C=C(C)S(=O)(=O)Cc1cc(F)ccc1Nc1nc(N[C@H]2CCCN(C(=O)CO)C2)ncc1C. The summed E-state index contributed by atoms with van der Waals surface area (Å²) in [7, 11) is -3.63. The van der Waals surface area contributed by atoms with E-state index in [-0.39, 0.29) is 22.4 Å². The van der Waals surface area contributed by atoms with Gasteiger partial charge in [0, 0.05) is 41.5 Å². The lowest BCUT2D eigenvalue weighted by atomic mass is 10.1. The molecule has 0 radical (unpaired) electrons. The van der Waals surface area contributed by atoms with Crippen LogP contribution in [0.4, 0.5) is 21.8 Å². The van der Waals surface area contributed by atoms with Crippen molar-refractivity contribution < 1.29 is 22.7 Å². The van der Waals surface area contributed by atoms with E-state index >= 15 is 0 Å². The number of hydrogen-bond acceptors (Lipinski definition) is 8. The van der Waals surface area contributed by atoms with Crippen molar-refractivity contribution in [3.63, 3.8) is 0 Å². The third-order valence-electron chi connectivity index (χ3n) is 5.41. The molecule has 2 heterocycles. The molecule has 3 rings (SSSR count). The average molecular weight is 478 g/mol. The fraction of sp³-hybridized carbons (Fsp3) is 0.409. The summed E-state index contributed by atoms with van der Waals surface area (Å²) in [5.74, 6) is -0.485. The maximum absolute atomic E-state index is 13.9. The second kappa shape index (κ2) is 10.3. The maximum Gasteiger partial charge on any atom is 0.248 e. The number of carbonyl (C=O) groups excluding carboxylic acids is 1. The molecule has 3 N–H and O–H groups in total. The van der Waals surface area contributed by atoms with Gasteiger partial charge in [-0.25, -0.2) is 17.8 Å². The van der Waals surface area contributed by atoms with Crippen LogP contribution in [-0.2, 0) is 20.4 Å². The van der Waals surface area contributed by atoms with Gasteiger partial charge in [-0.05, 0) is 50.5 Å². The Labute approximate surface area is 192 Å². The number of hydrogen-bond donors (Lipinski definition) is 3. The van der Waals surface area contributed by atoms with Crippen molar-refractivity contribution in [3.8, 4) is 0 Å². The molecule has 1 aromatic heterocycles. The van der Waals surface area contributed by atoms with Crippen molar-refractivity contribution in [3.05, 3.63) is 52.8 Å². The van der Waals surface area contributed by atoms with Gasteiger partial charge in [0.25, 0.3) is 0 Å². The maximum atomic E-state index is 13.9. The third-order valence-corrected chi connectivity index (χ3v) is 7.16. The highest BCUT2D eigenvalue weighted by Crippen LogP contribution is 2.27. The van der Waals surface area contributed by atoms with Crippen LogP contribution in [0.5, 0.6) is 0 Å². The van der Waals surface area contributed by atoms with E-state index in [1.54, 1.807) is 18.0 Å². The molecule has 1 fully saturated rings. The molecule has 1 atom stereocenters. The zero-order valence-electron chi connectivity index (χ0n) is 18.6. The first-order chi connectivity index (χ1) is 15.6. The standard InChI is InChI=1S/C22H28FN5O4S/c1-14(2)33(31,32)13-16-9-17(23)6-7-19(16)26-21-15(3)10-24-22(27-21)25-18-5-4-8-28(11-18)20(30)12-29/h6-7,9-10,18,29H,1,4-5,8,11-13H2,2-3H3,(H2,24,25,26,27)/t18-/m0/s1. The average Bonchev–Trinajstić information content (AvgIpc) is 2.77. The van der Waals surface area contributed by atoms with Gasteiger partial charge in [0.15, 0.2) is 9.84 Å². The number of halogens is 1. The number of allylic oxidation sites excluding steroid dienone is 1. The summed E-state index contributed by atoms with van der Waals surface area (Å²) in [4.78, 5) is 22.2. The Balaban J connectivity index is 1.81. The highest BCUT2D eigenvalue weighted by Gasteiger charge is 2.24. The molecule has 1 amide bonds. The predicted molar refractivity (Wildman–Crippen MR) is 124 cm³/mol. The first-order valence-corrected chi connectivity index (χ1v) is 12.2. The second-order valence-corrected chi connectivity index (χ2v) is 10.3. The molecule has 0 aliphatic carbocycles. The van der Waals surface area contributed by atoms with Crippen LogP contribution in [0.25, 0.3) is 0 Å². The summed E-state index contributed by atoms with van der Waals surface area (Å²) in [6, 6.07) is 3.80. The van der Waals surface area contributed by atoms with Crippen molar-refractivity contribution in [2.45, 2.75) is 38.5 Å². The Bertz CT molecular complexity index is 1160. The minimum atomic E-state index is -3.63. The Morgan fingerprint density at radius 1 is 1.39 bits per heavy atom. The third kappa shape index (κ3) is 6.26. The van der Waals surface area contributed by atoms with Gasteiger partial charge < -0.3 is 20.6 Å². The fourth-order valence-corrected chi connectivity index (χ4v) is 4.40. The lowest BCUT2D eigenvalue weighted by molar-refractivity contribution is -0.135. The largest absolute Gasteiger partial charge is 0.387 e. The number of nitrogens with one attached hydrogen (secondary N) is 2. The summed E-state index contributed by atoms with van der Waals surface area (Å²) in [5.41, 5.74) is 1.38. The summed E-state index contributed by atoms with van der Waals surface area (Å²) >= 11 is 0. The quantitative estimate of drug-likeness (QED) is 0.530. The number of benzene rings is 1. The fourth-order valence-electron chi connectivity index (χ4n) is 3.50. The number of anilines is 3. The van der Waals surface area contributed by atoms with E-state index in [0.29, 0.717) is 36.1 Å². The van der Waals surface area contributed by atoms with Gasteiger partial charge in [0.1, 0.15) is 18.2 Å². The van der Waals surface area contributed by atoms with Gasteiger partial charge >= 0.3 is 0 Å². The molecule has 1 saturated heterocycles. The van der Waals surface area contributed by atoms with Crippen molar-refractivity contribution in [2.24, 2.45) is 0 Å². The summed E-state index contributed by atoms with van der Waals surface area (Å²) < 4.78 is 38.5. The number of likely N-dealkylation sites (tertiary alicyclic amines) is 1. The van der Waals surface area contributed by atoms with Gasteiger partial charge in [0.2, 0.25) is 11.9 Å². The van der Waals surface area contributed by atoms with Crippen LogP contribution in [0.1, 0.15) is 30.9 Å². The van der Waals surface area contributed by atoms with Crippen LogP contribution in [0.15, 0.2) is 35.9 Å². The van der Waals surface area contributed by atoms with Gasteiger partial charge in [-0.1, -0.05) is 6.58 Å². The Morgan fingerprint density at radius 3 is 2.85 bits per heavy atom. The lowest BCUT2D eigenvalue weighted by Gasteiger charge is -2.32. The van der Waals surface area contributed by atoms with E-state index in [1.165, 1.54) is 25.1 Å². The van der Waals surface area contributed by atoms with E-state index in [9.17, 15) is 17.6 Å². The number of sulfone groups is 1. The van der Waals surface area contributed by atoms with Gasteiger partial charge in [-0.2, -0.15) is 4.98 Å². The molecule has 1 aromatic carbocycles. The van der Waals surface area contributed by atoms with Crippen LogP contribution in [-0.4, -0.2) is 60.0 Å². The molecule has 1 aliphatic rings. The number of carbonyl (C=O) groups is 1. The van der Waals surface area contributed by atoms with Crippen molar-refractivity contribution in [1.29, 1.82) is 0 Å². The molecule has 11 heteroatoms. The number of aliphatic hydroxyl groups excluding tert-OH is 1. The monoisotopic (exact) mass is 477 g/mol. The Hall–Kier alpha value is -3.05. The highest BCUT2D eigenvalue weighted by atomic mass is 32.2. The molecular weight excluding hydrogens is 449 g/mol. The molecule has 0 unspecified atom stereocenters. The lowest BCUT2D eigenvalue weighted by Crippen LogP contribution is -2.46. The Morgan fingerprint density at radius 2 is 2.15 bits per heavy atom. The number of aryl methyl sites for hydroxylation is 1. The molecule has 0 bridgehead atoms. The zero-order valence-corrected chi connectivity index (χ0v) is 19.5. The topological polar surface area (TPSA) is 125 Å². The van der Waals surface area contributed by atoms with Gasteiger partial charge in [-0.3, -0.25) is 4.79 Å². The van der Waals surface area contributed by atoms with E-state index in [4.69, 9.17) is 5.11 Å². The molecule has 1 aliphatic heterocycles.